The Balaban J connectivity index is 1.89. The summed E-state index contributed by atoms with van der Waals surface area (Å²) in [4.78, 5) is 28.2. The molecule has 2 N–H and O–H groups in total. The van der Waals surface area contributed by atoms with Gasteiger partial charge in [0.2, 0.25) is 0 Å². The van der Waals surface area contributed by atoms with Gasteiger partial charge >= 0.3 is 5.97 Å². The molecule has 0 unspecified atom stereocenters. The highest BCUT2D eigenvalue weighted by Gasteiger charge is 2.33. The molecule has 0 spiro atoms. The summed E-state index contributed by atoms with van der Waals surface area (Å²) >= 11 is 0. The molecule has 2 aromatic rings. The van der Waals surface area contributed by atoms with Gasteiger partial charge in [-0.1, -0.05) is 12.1 Å². The van der Waals surface area contributed by atoms with Crippen molar-refractivity contribution in [1.29, 1.82) is 0 Å². The Bertz CT molecular complexity index is 658. The molecule has 1 heterocycles. The number of carbonyl (C=O) groups is 2. The van der Waals surface area contributed by atoms with Crippen molar-refractivity contribution in [2.45, 2.75) is 25.3 Å². The zero-order valence-corrected chi connectivity index (χ0v) is 11.0. The molecule has 1 aliphatic carbocycles. The Morgan fingerprint density at radius 3 is 2.80 bits per heavy atom. The lowest BCUT2D eigenvalue weighted by molar-refractivity contribution is -0.137. The lowest BCUT2D eigenvalue weighted by atomic mass is 10.1. The van der Waals surface area contributed by atoms with Gasteiger partial charge in [0.15, 0.2) is 0 Å². The molecular weight excluding hydrogens is 256 g/mol. The van der Waals surface area contributed by atoms with Gasteiger partial charge in [-0.2, -0.15) is 0 Å². The molecule has 3 rings (SSSR count). The van der Waals surface area contributed by atoms with Gasteiger partial charge in [-0.05, 0) is 25.0 Å². The van der Waals surface area contributed by atoms with Crippen LogP contribution in [0.3, 0.4) is 0 Å². The zero-order valence-electron chi connectivity index (χ0n) is 11.0. The molecule has 5 heteroatoms. The van der Waals surface area contributed by atoms with Crippen LogP contribution in [0, 0.1) is 0 Å². The highest BCUT2D eigenvalue weighted by molar-refractivity contribution is 6.05. The third kappa shape index (κ3) is 2.39. The third-order valence-electron chi connectivity index (χ3n) is 3.63. The smallest absolute Gasteiger partial charge is 0.305 e. The predicted octanol–water partition coefficient (Wildman–Crippen LogP) is 2.25. The molecule has 1 amide bonds. The van der Waals surface area contributed by atoms with Crippen molar-refractivity contribution in [1.82, 2.24) is 9.88 Å². The van der Waals surface area contributed by atoms with Crippen LogP contribution in [0.5, 0.6) is 0 Å². The van der Waals surface area contributed by atoms with Gasteiger partial charge in [0.25, 0.3) is 5.91 Å². The fourth-order valence-corrected chi connectivity index (χ4v) is 2.47. The molecule has 0 saturated heterocycles. The first-order valence-electron chi connectivity index (χ1n) is 6.75. The van der Waals surface area contributed by atoms with Crippen molar-refractivity contribution in [3.05, 3.63) is 36.0 Å². The van der Waals surface area contributed by atoms with E-state index < -0.39 is 5.97 Å². The van der Waals surface area contributed by atoms with Crippen LogP contribution in [-0.4, -0.2) is 39.5 Å². The van der Waals surface area contributed by atoms with Crippen LogP contribution in [0.1, 0.15) is 29.6 Å². The first-order valence-corrected chi connectivity index (χ1v) is 6.75. The maximum Gasteiger partial charge on any atom is 0.305 e. The van der Waals surface area contributed by atoms with Crippen LogP contribution in [0.2, 0.25) is 0 Å². The van der Waals surface area contributed by atoms with Crippen LogP contribution in [0.25, 0.3) is 10.9 Å². The second kappa shape index (κ2) is 5.00. The molecule has 20 heavy (non-hydrogen) atoms. The molecule has 1 aromatic carbocycles. The summed E-state index contributed by atoms with van der Waals surface area (Å²) in [6.45, 7) is 0.274. The summed E-state index contributed by atoms with van der Waals surface area (Å²) in [6.07, 6.45) is 3.72. The van der Waals surface area contributed by atoms with Crippen LogP contribution in [0.15, 0.2) is 30.5 Å². The number of hydrogen-bond donors (Lipinski definition) is 2. The maximum absolute atomic E-state index is 12.7. The normalized spacial score (nSPS) is 14.4. The van der Waals surface area contributed by atoms with Gasteiger partial charge < -0.3 is 15.0 Å². The predicted molar refractivity (Wildman–Crippen MR) is 74.6 cm³/mol. The molecule has 1 saturated carbocycles. The molecule has 104 valence electrons. The highest BCUT2D eigenvalue weighted by atomic mass is 16.4. The number of benzene rings is 1. The SMILES string of the molecule is O=C(O)CCN(C(=O)c1cccc2cc[nH]c12)C1CC1. The fourth-order valence-electron chi connectivity index (χ4n) is 2.47. The van der Waals surface area contributed by atoms with Crippen molar-refractivity contribution in [3.63, 3.8) is 0 Å². The molecule has 0 radical (unpaired) electrons. The van der Waals surface area contributed by atoms with Crippen molar-refractivity contribution < 1.29 is 14.7 Å². The Hall–Kier alpha value is -2.30. The van der Waals surface area contributed by atoms with Gasteiger partial charge in [0.05, 0.1) is 17.5 Å². The first-order chi connectivity index (χ1) is 9.66. The number of nitrogens with zero attached hydrogens (tertiary/aromatic N) is 1. The minimum atomic E-state index is -0.874. The Morgan fingerprint density at radius 1 is 1.30 bits per heavy atom. The van der Waals surface area contributed by atoms with Crippen molar-refractivity contribution in [2.75, 3.05) is 6.54 Å². The van der Waals surface area contributed by atoms with E-state index in [1.54, 1.807) is 17.2 Å². The molecule has 0 bridgehead atoms. The maximum atomic E-state index is 12.7. The quantitative estimate of drug-likeness (QED) is 0.876. The minimum absolute atomic E-state index is 0.0110. The number of hydrogen-bond acceptors (Lipinski definition) is 2. The summed E-state index contributed by atoms with van der Waals surface area (Å²) in [5.41, 5.74) is 1.43. The highest BCUT2D eigenvalue weighted by Crippen LogP contribution is 2.29. The number of rotatable bonds is 5. The van der Waals surface area contributed by atoms with Crippen LogP contribution in [0.4, 0.5) is 0 Å². The van der Waals surface area contributed by atoms with E-state index in [0.717, 1.165) is 23.7 Å². The second-order valence-electron chi connectivity index (χ2n) is 5.12. The van der Waals surface area contributed by atoms with Crippen LogP contribution < -0.4 is 0 Å². The fraction of sp³-hybridized carbons (Fsp3) is 0.333. The zero-order chi connectivity index (χ0) is 14.1. The lowest BCUT2D eigenvalue weighted by Gasteiger charge is -2.22. The molecule has 0 atom stereocenters. The standard InChI is InChI=1S/C15H16N2O3/c18-13(19)7-9-17(11-4-5-11)15(20)12-3-1-2-10-6-8-16-14(10)12/h1-3,6,8,11,16H,4-5,7,9H2,(H,18,19). The van der Waals surface area contributed by atoms with E-state index in [1.807, 2.05) is 18.2 Å². The largest absolute Gasteiger partial charge is 0.481 e. The summed E-state index contributed by atoms with van der Waals surface area (Å²) in [7, 11) is 0. The van der Waals surface area contributed by atoms with E-state index in [1.165, 1.54) is 0 Å². The Morgan fingerprint density at radius 2 is 2.10 bits per heavy atom. The Kier molecular flexibility index (Phi) is 3.18. The van der Waals surface area contributed by atoms with Crippen molar-refractivity contribution in [2.24, 2.45) is 0 Å². The van der Waals surface area contributed by atoms with Crippen molar-refractivity contribution >= 4 is 22.8 Å². The number of carboxylic acids is 1. The summed E-state index contributed by atoms with van der Waals surface area (Å²) in [5.74, 6) is -0.955. The number of amides is 1. The minimum Gasteiger partial charge on any atom is -0.481 e. The molecule has 5 nitrogen and oxygen atoms in total. The van der Waals surface area contributed by atoms with Gasteiger partial charge in [-0.25, -0.2) is 0 Å². The molecule has 1 aliphatic rings. The first kappa shape index (κ1) is 12.7. The van der Waals surface area contributed by atoms with Gasteiger partial charge in [0, 0.05) is 24.2 Å². The average molecular weight is 272 g/mol. The average Bonchev–Trinajstić information content (AvgIpc) is 3.14. The number of H-pyrrole nitrogens is 1. The summed E-state index contributed by atoms with van der Waals surface area (Å²) in [5, 5.41) is 9.80. The molecule has 1 fully saturated rings. The van der Waals surface area contributed by atoms with Crippen LogP contribution >= 0.6 is 0 Å². The van der Waals surface area contributed by atoms with Gasteiger partial charge in [-0.15, -0.1) is 0 Å². The summed E-state index contributed by atoms with van der Waals surface area (Å²) < 4.78 is 0. The number of aliphatic carboxylic acids is 1. The second-order valence-corrected chi connectivity index (χ2v) is 5.12. The van der Waals surface area contributed by atoms with E-state index in [0.29, 0.717) is 5.56 Å². The number of nitrogens with one attached hydrogen (secondary N) is 1. The number of fused-ring (bicyclic) bond motifs is 1. The lowest BCUT2D eigenvalue weighted by Crippen LogP contribution is -2.35. The number of aromatic nitrogens is 1. The van der Waals surface area contributed by atoms with E-state index in [9.17, 15) is 9.59 Å². The van der Waals surface area contributed by atoms with Gasteiger partial charge in [-0.3, -0.25) is 9.59 Å². The summed E-state index contributed by atoms with van der Waals surface area (Å²) in [6, 6.07) is 7.71. The number of para-hydroxylation sites is 1. The van der Waals surface area contributed by atoms with E-state index >= 15 is 0 Å². The van der Waals surface area contributed by atoms with E-state index in [2.05, 4.69) is 4.98 Å². The number of aromatic amines is 1. The molecule has 0 aliphatic heterocycles. The Labute approximate surface area is 116 Å². The topological polar surface area (TPSA) is 73.4 Å². The molecule has 1 aromatic heterocycles. The van der Waals surface area contributed by atoms with E-state index in [4.69, 9.17) is 5.11 Å². The molecular formula is C15H16N2O3. The number of carbonyl (C=O) groups excluding carboxylic acids is 1. The van der Waals surface area contributed by atoms with E-state index in [-0.39, 0.29) is 24.9 Å². The van der Waals surface area contributed by atoms with Gasteiger partial charge in [0.1, 0.15) is 0 Å². The number of carboxylic acid groups (broad SMARTS) is 1. The van der Waals surface area contributed by atoms with Crippen molar-refractivity contribution in [3.8, 4) is 0 Å². The monoisotopic (exact) mass is 272 g/mol. The van der Waals surface area contributed by atoms with Crippen LogP contribution in [-0.2, 0) is 4.79 Å². The third-order valence-corrected chi connectivity index (χ3v) is 3.63.